The van der Waals surface area contributed by atoms with Crippen LogP contribution in [-0.4, -0.2) is 14.8 Å². The molecule has 2 heterocycles. The first-order chi connectivity index (χ1) is 12.2. The number of aromatic nitrogens is 3. The fraction of sp³-hybridized carbons (Fsp3) is 0.182. The van der Waals surface area contributed by atoms with Crippen LogP contribution in [0.2, 0.25) is 0 Å². The van der Waals surface area contributed by atoms with E-state index in [4.69, 9.17) is 4.98 Å². The van der Waals surface area contributed by atoms with Crippen molar-refractivity contribution in [3.8, 4) is 16.9 Å². The summed E-state index contributed by atoms with van der Waals surface area (Å²) in [5, 5.41) is 5.67. The van der Waals surface area contributed by atoms with Crippen LogP contribution in [0, 0.1) is 0 Å². The molecule has 25 heavy (non-hydrogen) atoms. The molecular weight excluding hydrogens is 306 g/mol. The topological polar surface area (TPSA) is 30.7 Å². The van der Waals surface area contributed by atoms with E-state index in [-0.39, 0.29) is 0 Å². The smallest absolute Gasteiger partial charge is 0.0741 e. The predicted octanol–water partition coefficient (Wildman–Crippen LogP) is 5.60. The zero-order chi connectivity index (χ0) is 17.2. The zero-order valence-electron chi connectivity index (χ0n) is 14.6. The molecule has 0 fully saturated rings. The summed E-state index contributed by atoms with van der Waals surface area (Å²) in [4.78, 5) is 4.75. The average molecular weight is 327 g/mol. The molecule has 4 aromatic rings. The van der Waals surface area contributed by atoms with Crippen molar-refractivity contribution in [1.82, 2.24) is 14.8 Å². The number of rotatable bonds is 4. The first kappa shape index (κ1) is 15.6. The highest BCUT2D eigenvalue weighted by molar-refractivity contribution is 5.81. The summed E-state index contributed by atoms with van der Waals surface area (Å²) < 4.78 is 1.91. The van der Waals surface area contributed by atoms with Gasteiger partial charge < -0.3 is 0 Å². The van der Waals surface area contributed by atoms with E-state index >= 15 is 0 Å². The quantitative estimate of drug-likeness (QED) is 0.488. The van der Waals surface area contributed by atoms with Gasteiger partial charge in [0.25, 0.3) is 0 Å². The summed E-state index contributed by atoms with van der Waals surface area (Å²) in [5.74, 6) is 0.587. The summed E-state index contributed by atoms with van der Waals surface area (Å²) in [6.45, 7) is 4.47. The number of hydrogen-bond donors (Lipinski definition) is 0. The molecule has 0 aliphatic heterocycles. The monoisotopic (exact) mass is 327 g/mol. The van der Waals surface area contributed by atoms with Gasteiger partial charge in [-0.3, -0.25) is 0 Å². The molecule has 2 aromatic carbocycles. The van der Waals surface area contributed by atoms with Crippen molar-refractivity contribution in [2.75, 3.05) is 0 Å². The number of pyridine rings is 1. The summed E-state index contributed by atoms with van der Waals surface area (Å²) in [6.07, 6.45) is 5.06. The molecule has 2 aromatic heterocycles. The molecule has 0 spiro atoms. The van der Waals surface area contributed by atoms with Gasteiger partial charge in [0, 0.05) is 17.1 Å². The minimum atomic E-state index is 0.587. The van der Waals surface area contributed by atoms with E-state index in [0.29, 0.717) is 5.92 Å². The van der Waals surface area contributed by atoms with Gasteiger partial charge in [-0.2, -0.15) is 5.10 Å². The molecule has 3 heteroatoms. The molecule has 4 rings (SSSR count). The SMILES string of the molecule is CCC(C)c1ccc(-n2cc(-c3ccc4ccccc4n3)cn2)cc1. The Hall–Kier alpha value is -2.94. The molecule has 0 amide bonds. The Bertz CT molecular complexity index is 999. The van der Waals surface area contributed by atoms with Crippen LogP contribution >= 0.6 is 0 Å². The number of hydrogen-bond acceptors (Lipinski definition) is 2. The van der Waals surface area contributed by atoms with Gasteiger partial charge in [-0.05, 0) is 42.2 Å². The molecule has 1 unspecified atom stereocenters. The Balaban J connectivity index is 1.64. The minimum Gasteiger partial charge on any atom is -0.248 e. The molecule has 0 bridgehead atoms. The van der Waals surface area contributed by atoms with Crippen LogP contribution in [0.25, 0.3) is 27.8 Å². The van der Waals surface area contributed by atoms with Crippen molar-refractivity contribution < 1.29 is 0 Å². The van der Waals surface area contributed by atoms with Gasteiger partial charge >= 0.3 is 0 Å². The second-order valence-corrected chi connectivity index (χ2v) is 6.46. The summed E-state index contributed by atoms with van der Waals surface area (Å²) in [7, 11) is 0. The van der Waals surface area contributed by atoms with Crippen LogP contribution in [0.4, 0.5) is 0 Å². The minimum absolute atomic E-state index is 0.587. The standard InChI is InChI=1S/C22H21N3/c1-3-16(2)17-8-11-20(12-9-17)25-15-19(14-23-25)22-13-10-18-6-4-5-7-21(18)24-22/h4-16H,3H2,1-2H3. The van der Waals surface area contributed by atoms with Gasteiger partial charge in [0.05, 0.1) is 23.1 Å². The number of nitrogens with zero attached hydrogens (tertiary/aromatic N) is 3. The van der Waals surface area contributed by atoms with Crippen molar-refractivity contribution in [2.45, 2.75) is 26.2 Å². The van der Waals surface area contributed by atoms with Crippen LogP contribution < -0.4 is 0 Å². The zero-order valence-corrected chi connectivity index (χ0v) is 14.6. The number of para-hydroxylation sites is 1. The highest BCUT2D eigenvalue weighted by Gasteiger charge is 2.07. The van der Waals surface area contributed by atoms with Crippen molar-refractivity contribution in [3.63, 3.8) is 0 Å². The molecule has 0 aliphatic rings. The molecule has 0 N–H and O–H groups in total. The van der Waals surface area contributed by atoms with Gasteiger partial charge in [-0.15, -0.1) is 0 Å². The van der Waals surface area contributed by atoms with Gasteiger partial charge in [0.15, 0.2) is 0 Å². The van der Waals surface area contributed by atoms with Crippen LogP contribution in [0.5, 0.6) is 0 Å². The van der Waals surface area contributed by atoms with Gasteiger partial charge in [-0.1, -0.05) is 50.2 Å². The Morgan fingerprint density at radius 2 is 1.76 bits per heavy atom. The Kier molecular flexibility index (Phi) is 4.06. The molecule has 0 radical (unpaired) electrons. The van der Waals surface area contributed by atoms with E-state index in [2.05, 4.69) is 61.4 Å². The van der Waals surface area contributed by atoms with Crippen molar-refractivity contribution in [2.24, 2.45) is 0 Å². The maximum absolute atomic E-state index is 4.75. The Morgan fingerprint density at radius 1 is 0.960 bits per heavy atom. The van der Waals surface area contributed by atoms with E-state index < -0.39 is 0 Å². The fourth-order valence-electron chi connectivity index (χ4n) is 3.01. The lowest BCUT2D eigenvalue weighted by Gasteiger charge is -2.09. The van der Waals surface area contributed by atoms with E-state index in [0.717, 1.165) is 34.3 Å². The first-order valence-electron chi connectivity index (χ1n) is 8.76. The predicted molar refractivity (Wildman–Crippen MR) is 103 cm³/mol. The molecular formula is C22H21N3. The maximum atomic E-state index is 4.75. The molecule has 3 nitrogen and oxygen atoms in total. The van der Waals surface area contributed by atoms with E-state index in [1.165, 1.54) is 5.56 Å². The average Bonchev–Trinajstić information content (AvgIpc) is 3.17. The highest BCUT2D eigenvalue weighted by Crippen LogP contribution is 2.23. The molecule has 1 atom stereocenters. The summed E-state index contributed by atoms with van der Waals surface area (Å²) in [6, 6.07) is 21.0. The van der Waals surface area contributed by atoms with Gasteiger partial charge in [0.2, 0.25) is 0 Å². The lowest BCUT2D eigenvalue weighted by atomic mass is 9.99. The number of fused-ring (bicyclic) bond motifs is 1. The molecule has 0 saturated heterocycles. The Labute approximate surface area is 148 Å². The first-order valence-corrected chi connectivity index (χ1v) is 8.76. The largest absolute Gasteiger partial charge is 0.248 e. The Morgan fingerprint density at radius 3 is 2.56 bits per heavy atom. The third-order valence-corrected chi connectivity index (χ3v) is 4.82. The second-order valence-electron chi connectivity index (χ2n) is 6.46. The third kappa shape index (κ3) is 3.05. The molecule has 124 valence electrons. The molecule has 0 aliphatic carbocycles. The fourth-order valence-corrected chi connectivity index (χ4v) is 3.01. The lowest BCUT2D eigenvalue weighted by Crippen LogP contribution is -1.96. The summed E-state index contributed by atoms with van der Waals surface area (Å²) >= 11 is 0. The second kappa shape index (κ2) is 6.52. The normalized spacial score (nSPS) is 12.4. The van der Waals surface area contributed by atoms with Crippen molar-refractivity contribution >= 4 is 10.9 Å². The van der Waals surface area contributed by atoms with Crippen LogP contribution in [0.1, 0.15) is 31.7 Å². The van der Waals surface area contributed by atoms with Crippen molar-refractivity contribution in [1.29, 1.82) is 0 Å². The van der Waals surface area contributed by atoms with E-state index in [1.807, 2.05) is 35.3 Å². The van der Waals surface area contributed by atoms with Crippen LogP contribution in [0.15, 0.2) is 73.1 Å². The van der Waals surface area contributed by atoms with Crippen molar-refractivity contribution in [3.05, 3.63) is 78.6 Å². The van der Waals surface area contributed by atoms with Gasteiger partial charge in [0.1, 0.15) is 0 Å². The maximum Gasteiger partial charge on any atom is 0.0741 e. The van der Waals surface area contributed by atoms with Crippen LogP contribution in [0.3, 0.4) is 0 Å². The lowest BCUT2D eigenvalue weighted by molar-refractivity contribution is 0.732. The summed E-state index contributed by atoms with van der Waals surface area (Å²) in [5.41, 5.74) is 5.41. The third-order valence-electron chi connectivity index (χ3n) is 4.82. The molecule has 0 saturated carbocycles. The van der Waals surface area contributed by atoms with Crippen LogP contribution in [-0.2, 0) is 0 Å². The van der Waals surface area contributed by atoms with E-state index in [9.17, 15) is 0 Å². The number of benzene rings is 2. The van der Waals surface area contributed by atoms with Gasteiger partial charge in [-0.25, -0.2) is 9.67 Å². The van der Waals surface area contributed by atoms with E-state index in [1.54, 1.807) is 0 Å². The highest BCUT2D eigenvalue weighted by atomic mass is 15.3.